The topological polar surface area (TPSA) is 69.7 Å². The normalized spacial score (nSPS) is 25.2. The molecular weight excluding hydrogens is 376 g/mol. The van der Waals surface area contributed by atoms with E-state index in [0.717, 1.165) is 24.0 Å². The Hall–Kier alpha value is -1.53. The highest BCUT2D eigenvalue weighted by atomic mass is 35.5. The van der Waals surface area contributed by atoms with Crippen molar-refractivity contribution in [2.45, 2.75) is 39.0 Å². The molecule has 142 valence electrons. The first-order valence-electron chi connectivity index (χ1n) is 8.80. The van der Waals surface area contributed by atoms with Gasteiger partial charge in [-0.15, -0.1) is 0 Å². The van der Waals surface area contributed by atoms with Crippen LogP contribution in [-0.2, 0) is 26.1 Å². The summed E-state index contributed by atoms with van der Waals surface area (Å²) in [6.07, 6.45) is 3.22. The van der Waals surface area contributed by atoms with E-state index in [1.54, 1.807) is 18.2 Å². The van der Waals surface area contributed by atoms with E-state index in [9.17, 15) is 13.2 Å². The van der Waals surface area contributed by atoms with Crippen molar-refractivity contribution in [3.8, 4) is 5.75 Å². The molecule has 0 N–H and O–H groups in total. The van der Waals surface area contributed by atoms with Crippen LogP contribution in [0.3, 0.4) is 0 Å². The number of benzene rings is 1. The number of ether oxygens (including phenoxy) is 1. The number of unbranched alkanes of at least 4 members (excludes halogenated alkanes) is 1. The molecule has 26 heavy (non-hydrogen) atoms. The summed E-state index contributed by atoms with van der Waals surface area (Å²) in [7, 11) is -3.66. The number of carbonyl (C=O) groups is 1. The third-order valence-corrected chi connectivity index (χ3v) is 6.70. The summed E-state index contributed by atoms with van der Waals surface area (Å²) in [6.45, 7) is 6.38. The molecule has 0 bridgehead atoms. The van der Waals surface area contributed by atoms with E-state index >= 15 is 0 Å². The van der Waals surface area contributed by atoms with E-state index in [2.05, 4.69) is 6.58 Å². The molecule has 2 fully saturated rings. The molecule has 2 aliphatic rings. The van der Waals surface area contributed by atoms with Gasteiger partial charge in [0.05, 0.1) is 22.8 Å². The summed E-state index contributed by atoms with van der Waals surface area (Å²) < 4.78 is 34.3. The molecular formula is C19H23ClO5S. The van der Waals surface area contributed by atoms with Gasteiger partial charge in [-0.3, -0.25) is 4.79 Å². The predicted octanol–water partition coefficient (Wildman–Crippen LogP) is 3.90. The molecule has 5 nitrogen and oxygen atoms in total. The van der Waals surface area contributed by atoms with Crippen molar-refractivity contribution in [2.24, 2.45) is 11.3 Å². The standard InChI is InChI=1S/C19H23ClO5S/c1-3-4-7-26(22,23)25-17-6-5-14(9-16(17)20)11-19-10-13(2)8-15(19)12-24-18(19)21/h5-6,9,15H,2-4,7-8,10-12H2,1H3. The molecule has 1 aliphatic carbocycles. The van der Waals surface area contributed by atoms with Gasteiger partial charge in [0.2, 0.25) is 0 Å². The fraction of sp³-hybridized carbons (Fsp3) is 0.526. The molecule has 1 aromatic rings. The van der Waals surface area contributed by atoms with Crippen molar-refractivity contribution in [3.63, 3.8) is 0 Å². The van der Waals surface area contributed by atoms with Crippen LogP contribution in [0.2, 0.25) is 5.02 Å². The molecule has 2 unspecified atom stereocenters. The molecule has 1 aromatic carbocycles. The van der Waals surface area contributed by atoms with Crippen LogP contribution in [0.25, 0.3) is 0 Å². The van der Waals surface area contributed by atoms with Crippen molar-refractivity contribution in [1.29, 1.82) is 0 Å². The number of fused-ring (bicyclic) bond motifs is 1. The number of hydrogen-bond donors (Lipinski definition) is 0. The van der Waals surface area contributed by atoms with E-state index in [0.29, 0.717) is 25.9 Å². The Morgan fingerprint density at radius 2 is 2.19 bits per heavy atom. The van der Waals surface area contributed by atoms with Gasteiger partial charge >= 0.3 is 16.1 Å². The number of halogens is 1. The van der Waals surface area contributed by atoms with Crippen molar-refractivity contribution < 1.29 is 22.1 Å². The van der Waals surface area contributed by atoms with Crippen LogP contribution in [0.1, 0.15) is 38.2 Å². The Morgan fingerprint density at radius 3 is 2.88 bits per heavy atom. The lowest BCUT2D eigenvalue weighted by molar-refractivity contribution is -0.146. The largest absolute Gasteiger partial charge is 0.465 e. The quantitative estimate of drug-likeness (QED) is 0.395. The molecule has 0 radical (unpaired) electrons. The first-order chi connectivity index (χ1) is 12.3. The zero-order valence-corrected chi connectivity index (χ0v) is 16.4. The lowest BCUT2D eigenvalue weighted by Gasteiger charge is -2.24. The van der Waals surface area contributed by atoms with Crippen molar-refractivity contribution in [3.05, 3.63) is 40.9 Å². The van der Waals surface area contributed by atoms with Gasteiger partial charge in [-0.25, -0.2) is 0 Å². The molecule has 0 aromatic heterocycles. The van der Waals surface area contributed by atoms with Crippen LogP contribution in [0.4, 0.5) is 0 Å². The third-order valence-electron chi connectivity index (χ3n) is 5.18. The Labute approximate surface area is 159 Å². The summed E-state index contributed by atoms with van der Waals surface area (Å²) in [6, 6.07) is 4.98. The molecule has 0 spiro atoms. The number of hydrogen-bond acceptors (Lipinski definition) is 5. The maximum Gasteiger partial charge on any atom is 0.313 e. The molecule has 1 aliphatic heterocycles. The number of allylic oxidation sites excluding steroid dienone is 1. The van der Waals surface area contributed by atoms with Gasteiger partial charge in [0.15, 0.2) is 5.75 Å². The van der Waals surface area contributed by atoms with E-state index in [-0.39, 0.29) is 28.4 Å². The minimum Gasteiger partial charge on any atom is -0.465 e. The fourth-order valence-electron chi connectivity index (χ4n) is 3.85. The molecule has 1 saturated carbocycles. The Bertz CT molecular complexity index is 832. The molecule has 1 heterocycles. The first-order valence-corrected chi connectivity index (χ1v) is 10.8. The Kier molecular flexibility index (Phi) is 5.35. The number of cyclic esters (lactones) is 1. The van der Waals surface area contributed by atoms with Crippen LogP contribution < -0.4 is 4.18 Å². The van der Waals surface area contributed by atoms with E-state index in [1.165, 1.54) is 0 Å². The summed E-state index contributed by atoms with van der Waals surface area (Å²) >= 11 is 6.24. The highest BCUT2D eigenvalue weighted by Crippen LogP contribution is 2.52. The van der Waals surface area contributed by atoms with Gasteiger partial charge in [-0.1, -0.05) is 43.2 Å². The zero-order valence-electron chi connectivity index (χ0n) is 14.8. The Balaban J connectivity index is 1.78. The monoisotopic (exact) mass is 398 g/mol. The smallest absolute Gasteiger partial charge is 0.313 e. The van der Waals surface area contributed by atoms with E-state index in [1.807, 2.05) is 6.92 Å². The van der Waals surface area contributed by atoms with Crippen LogP contribution in [0, 0.1) is 11.3 Å². The average Bonchev–Trinajstić information content (AvgIpc) is 3.03. The number of carbonyl (C=O) groups excluding carboxylic acids is 1. The minimum atomic E-state index is -3.66. The lowest BCUT2D eigenvalue weighted by Crippen LogP contribution is -2.31. The van der Waals surface area contributed by atoms with Crippen LogP contribution >= 0.6 is 11.6 Å². The van der Waals surface area contributed by atoms with Crippen LogP contribution in [-0.4, -0.2) is 26.7 Å². The SMILES string of the molecule is C=C1CC2COC(=O)C2(Cc2ccc(OS(=O)(=O)CCCC)c(Cl)c2)C1. The number of rotatable bonds is 7. The van der Waals surface area contributed by atoms with Crippen LogP contribution in [0.5, 0.6) is 5.75 Å². The van der Waals surface area contributed by atoms with Gasteiger partial charge in [0.1, 0.15) is 0 Å². The summed E-state index contributed by atoms with van der Waals surface area (Å²) in [5.41, 5.74) is 1.35. The zero-order chi connectivity index (χ0) is 18.9. The second-order valence-electron chi connectivity index (χ2n) is 7.22. The summed E-state index contributed by atoms with van der Waals surface area (Å²) in [5, 5.41) is 0.221. The number of esters is 1. The summed E-state index contributed by atoms with van der Waals surface area (Å²) in [4.78, 5) is 12.4. The fourth-order valence-corrected chi connectivity index (χ4v) is 5.28. The second-order valence-corrected chi connectivity index (χ2v) is 9.32. The third kappa shape index (κ3) is 3.76. The van der Waals surface area contributed by atoms with Crippen molar-refractivity contribution in [2.75, 3.05) is 12.4 Å². The van der Waals surface area contributed by atoms with Gasteiger partial charge in [-0.2, -0.15) is 8.42 Å². The maximum absolute atomic E-state index is 12.4. The summed E-state index contributed by atoms with van der Waals surface area (Å²) in [5.74, 6) is 0.0390. The average molecular weight is 399 g/mol. The van der Waals surface area contributed by atoms with Crippen LogP contribution in [0.15, 0.2) is 30.4 Å². The molecule has 3 rings (SSSR count). The molecule has 2 atom stereocenters. The highest BCUT2D eigenvalue weighted by Gasteiger charge is 2.55. The molecule has 1 saturated heterocycles. The van der Waals surface area contributed by atoms with Crippen molar-refractivity contribution >= 4 is 27.7 Å². The first kappa shape index (κ1) is 19.2. The van der Waals surface area contributed by atoms with E-state index < -0.39 is 15.5 Å². The molecule has 0 amide bonds. The highest BCUT2D eigenvalue weighted by molar-refractivity contribution is 7.87. The lowest BCUT2D eigenvalue weighted by atomic mass is 9.75. The van der Waals surface area contributed by atoms with Gasteiger partial charge < -0.3 is 8.92 Å². The minimum absolute atomic E-state index is 0.0413. The van der Waals surface area contributed by atoms with E-state index in [4.69, 9.17) is 20.5 Å². The Morgan fingerprint density at radius 1 is 1.42 bits per heavy atom. The van der Waals surface area contributed by atoms with Gasteiger partial charge in [0.25, 0.3) is 0 Å². The molecule has 7 heteroatoms. The predicted molar refractivity (Wildman–Crippen MR) is 99.7 cm³/mol. The van der Waals surface area contributed by atoms with Gasteiger partial charge in [0, 0.05) is 5.92 Å². The maximum atomic E-state index is 12.4. The van der Waals surface area contributed by atoms with Gasteiger partial charge in [-0.05, 0) is 43.4 Å². The second kappa shape index (κ2) is 7.24. The van der Waals surface area contributed by atoms with Crippen molar-refractivity contribution in [1.82, 2.24) is 0 Å².